The number of carboxylic acid groups (broad SMARTS) is 2. The minimum absolute atomic E-state index is 0.174. The molecule has 0 radical (unpaired) electrons. The maximum Gasteiger partial charge on any atom is 0.339 e. The summed E-state index contributed by atoms with van der Waals surface area (Å²) in [5.74, 6) is -3.48. The number of rotatable bonds is 3. The summed E-state index contributed by atoms with van der Waals surface area (Å²) in [5.41, 5.74) is -0.150. The molecule has 0 amide bonds. The molecule has 0 aliphatic carbocycles. The van der Waals surface area contributed by atoms with E-state index in [1.807, 2.05) is 0 Å². The normalized spacial score (nSPS) is 10.2. The molecule has 0 aliphatic heterocycles. The molecule has 2 rings (SSSR count). The summed E-state index contributed by atoms with van der Waals surface area (Å²) in [4.78, 5) is 21.9. The molecule has 2 aromatic carbocycles. The molecular weight excluding hydrogens is 264 g/mol. The SMILES string of the molecule is O=C(O)c1cc(-c2cccc(C(=O)O)c2O)ccc1O. The van der Waals surface area contributed by atoms with Crippen LogP contribution in [0.5, 0.6) is 11.5 Å². The van der Waals surface area contributed by atoms with Crippen LogP contribution in [0.4, 0.5) is 0 Å². The van der Waals surface area contributed by atoms with Crippen molar-refractivity contribution in [1.82, 2.24) is 0 Å². The van der Waals surface area contributed by atoms with Gasteiger partial charge in [0.25, 0.3) is 0 Å². The molecule has 0 bridgehead atoms. The number of carbonyl (C=O) groups is 2. The predicted molar refractivity (Wildman–Crippen MR) is 69.1 cm³/mol. The van der Waals surface area contributed by atoms with Crippen molar-refractivity contribution in [1.29, 1.82) is 0 Å². The average Bonchev–Trinajstić information content (AvgIpc) is 2.39. The second-order valence-corrected chi connectivity index (χ2v) is 4.04. The Hall–Kier alpha value is -3.02. The van der Waals surface area contributed by atoms with Crippen LogP contribution in [-0.4, -0.2) is 32.4 Å². The Morgan fingerprint density at radius 2 is 1.50 bits per heavy atom. The number of para-hydroxylation sites is 1. The van der Waals surface area contributed by atoms with Crippen LogP contribution >= 0.6 is 0 Å². The summed E-state index contributed by atoms with van der Waals surface area (Å²) >= 11 is 0. The van der Waals surface area contributed by atoms with Crippen molar-refractivity contribution in [3.05, 3.63) is 47.5 Å². The number of aromatic carboxylic acids is 2. The molecule has 6 heteroatoms. The van der Waals surface area contributed by atoms with E-state index in [1.54, 1.807) is 0 Å². The highest BCUT2D eigenvalue weighted by atomic mass is 16.4. The molecule has 0 saturated heterocycles. The van der Waals surface area contributed by atoms with Crippen molar-refractivity contribution >= 4 is 11.9 Å². The topological polar surface area (TPSA) is 115 Å². The van der Waals surface area contributed by atoms with E-state index in [0.29, 0.717) is 5.56 Å². The Bertz CT molecular complexity index is 705. The first-order valence-electron chi connectivity index (χ1n) is 5.53. The Labute approximate surface area is 113 Å². The van der Waals surface area contributed by atoms with E-state index in [2.05, 4.69) is 0 Å². The zero-order valence-corrected chi connectivity index (χ0v) is 10.1. The maximum absolute atomic E-state index is 10.9. The van der Waals surface area contributed by atoms with E-state index in [9.17, 15) is 19.8 Å². The molecule has 0 spiro atoms. The lowest BCUT2D eigenvalue weighted by molar-refractivity contribution is 0.0682. The molecule has 0 saturated carbocycles. The quantitative estimate of drug-likeness (QED) is 0.681. The monoisotopic (exact) mass is 274 g/mol. The molecule has 0 heterocycles. The third-order valence-corrected chi connectivity index (χ3v) is 2.80. The standard InChI is InChI=1S/C14H10O6/c15-11-5-4-7(6-10(11)14(19)20)8-2-1-3-9(12(8)16)13(17)18/h1-6,15-16H,(H,17,18)(H,19,20). The molecule has 0 atom stereocenters. The average molecular weight is 274 g/mol. The van der Waals surface area contributed by atoms with Crippen LogP contribution in [0.1, 0.15) is 20.7 Å². The van der Waals surface area contributed by atoms with Gasteiger partial charge in [0.15, 0.2) is 0 Å². The first-order chi connectivity index (χ1) is 9.41. The number of carboxylic acids is 2. The molecule has 0 aliphatic rings. The largest absolute Gasteiger partial charge is 0.507 e. The minimum Gasteiger partial charge on any atom is -0.507 e. The van der Waals surface area contributed by atoms with Crippen LogP contribution in [0.25, 0.3) is 11.1 Å². The first-order valence-corrected chi connectivity index (χ1v) is 5.53. The van der Waals surface area contributed by atoms with Gasteiger partial charge in [-0.1, -0.05) is 18.2 Å². The van der Waals surface area contributed by atoms with Gasteiger partial charge in [-0.05, 0) is 23.8 Å². The van der Waals surface area contributed by atoms with Crippen LogP contribution in [-0.2, 0) is 0 Å². The minimum atomic E-state index is -1.32. The van der Waals surface area contributed by atoms with Gasteiger partial charge in [-0.15, -0.1) is 0 Å². The molecule has 4 N–H and O–H groups in total. The summed E-state index contributed by atoms with van der Waals surface area (Å²) in [6, 6.07) is 7.86. The third kappa shape index (κ3) is 2.26. The Kier molecular flexibility index (Phi) is 3.30. The van der Waals surface area contributed by atoms with Gasteiger partial charge < -0.3 is 20.4 Å². The van der Waals surface area contributed by atoms with Crippen molar-refractivity contribution in [3.8, 4) is 22.6 Å². The van der Waals surface area contributed by atoms with Gasteiger partial charge in [-0.25, -0.2) is 9.59 Å². The summed E-state index contributed by atoms with van der Waals surface area (Å²) in [5, 5.41) is 37.2. The van der Waals surface area contributed by atoms with Gasteiger partial charge in [0.1, 0.15) is 22.6 Å². The number of benzene rings is 2. The van der Waals surface area contributed by atoms with Gasteiger partial charge in [0.2, 0.25) is 0 Å². The fourth-order valence-corrected chi connectivity index (χ4v) is 1.82. The van der Waals surface area contributed by atoms with Gasteiger partial charge in [0, 0.05) is 5.56 Å². The summed E-state index contributed by atoms with van der Waals surface area (Å²) in [7, 11) is 0. The zero-order valence-electron chi connectivity index (χ0n) is 10.1. The van der Waals surface area contributed by atoms with Gasteiger partial charge in [-0.3, -0.25) is 0 Å². The van der Waals surface area contributed by atoms with Gasteiger partial charge >= 0.3 is 11.9 Å². The molecule has 0 fully saturated rings. The van der Waals surface area contributed by atoms with Gasteiger partial charge in [-0.2, -0.15) is 0 Å². The van der Waals surface area contributed by atoms with E-state index in [0.717, 1.165) is 0 Å². The molecule has 0 unspecified atom stereocenters. The van der Waals surface area contributed by atoms with E-state index in [-0.39, 0.29) is 16.7 Å². The Morgan fingerprint density at radius 3 is 2.10 bits per heavy atom. The molecule has 0 aromatic heterocycles. The first kappa shape index (κ1) is 13.4. The molecule has 6 nitrogen and oxygen atoms in total. The van der Waals surface area contributed by atoms with Gasteiger partial charge in [0.05, 0.1) is 0 Å². The highest BCUT2D eigenvalue weighted by Gasteiger charge is 2.16. The van der Waals surface area contributed by atoms with Crippen molar-refractivity contribution in [2.45, 2.75) is 0 Å². The molecule has 102 valence electrons. The number of aromatic hydroxyl groups is 2. The third-order valence-electron chi connectivity index (χ3n) is 2.80. The maximum atomic E-state index is 10.9. The number of phenols is 2. The van der Waals surface area contributed by atoms with Crippen LogP contribution < -0.4 is 0 Å². The van der Waals surface area contributed by atoms with E-state index >= 15 is 0 Å². The molecule has 2 aromatic rings. The fraction of sp³-hybridized carbons (Fsp3) is 0. The van der Waals surface area contributed by atoms with Crippen LogP contribution in [0.15, 0.2) is 36.4 Å². The Morgan fingerprint density at radius 1 is 0.850 bits per heavy atom. The predicted octanol–water partition coefficient (Wildman–Crippen LogP) is 2.16. The van der Waals surface area contributed by atoms with E-state index < -0.39 is 23.4 Å². The van der Waals surface area contributed by atoms with Crippen molar-refractivity contribution in [3.63, 3.8) is 0 Å². The number of hydrogen-bond donors (Lipinski definition) is 4. The molecular formula is C14H10O6. The van der Waals surface area contributed by atoms with E-state index in [1.165, 1.54) is 36.4 Å². The lowest BCUT2D eigenvalue weighted by atomic mass is 9.99. The number of hydrogen-bond acceptors (Lipinski definition) is 4. The lowest BCUT2D eigenvalue weighted by Gasteiger charge is -2.09. The van der Waals surface area contributed by atoms with Crippen LogP contribution in [0.3, 0.4) is 0 Å². The highest BCUT2D eigenvalue weighted by Crippen LogP contribution is 2.34. The van der Waals surface area contributed by atoms with Crippen molar-refractivity contribution in [2.24, 2.45) is 0 Å². The summed E-state index contributed by atoms with van der Waals surface area (Å²) < 4.78 is 0. The highest BCUT2D eigenvalue weighted by molar-refractivity contribution is 5.96. The van der Waals surface area contributed by atoms with E-state index in [4.69, 9.17) is 10.2 Å². The zero-order chi connectivity index (χ0) is 14.9. The lowest BCUT2D eigenvalue weighted by Crippen LogP contribution is -1.99. The summed E-state index contributed by atoms with van der Waals surface area (Å²) in [6.45, 7) is 0. The Balaban J connectivity index is 2.63. The van der Waals surface area contributed by atoms with Crippen molar-refractivity contribution in [2.75, 3.05) is 0 Å². The fourth-order valence-electron chi connectivity index (χ4n) is 1.82. The smallest absolute Gasteiger partial charge is 0.339 e. The summed E-state index contributed by atoms with van der Waals surface area (Å²) in [6.07, 6.45) is 0. The van der Waals surface area contributed by atoms with Crippen LogP contribution in [0.2, 0.25) is 0 Å². The molecule has 20 heavy (non-hydrogen) atoms. The van der Waals surface area contributed by atoms with Crippen LogP contribution in [0, 0.1) is 0 Å². The van der Waals surface area contributed by atoms with Crippen molar-refractivity contribution < 1.29 is 30.0 Å². The second kappa shape index (κ2) is 4.93. The second-order valence-electron chi connectivity index (χ2n) is 4.04.